The van der Waals surface area contributed by atoms with Crippen LogP contribution in [0.1, 0.15) is 44.8 Å². The van der Waals surface area contributed by atoms with Crippen molar-refractivity contribution in [3.8, 4) is 0 Å². The van der Waals surface area contributed by atoms with Crippen LogP contribution in [0.5, 0.6) is 0 Å². The quantitative estimate of drug-likeness (QED) is 0.586. The molecule has 2 aromatic carbocycles. The lowest BCUT2D eigenvalue weighted by Crippen LogP contribution is -2.26. The van der Waals surface area contributed by atoms with E-state index in [-0.39, 0.29) is 18.1 Å². The van der Waals surface area contributed by atoms with E-state index in [2.05, 4.69) is 4.98 Å². The fourth-order valence-electron chi connectivity index (χ4n) is 3.91. The van der Waals surface area contributed by atoms with Gasteiger partial charge in [0.25, 0.3) is 0 Å². The third-order valence-electron chi connectivity index (χ3n) is 5.44. The fraction of sp³-hybridized carbons (Fsp3) is 0.250. The van der Waals surface area contributed by atoms with Gasteiger partial charge < -0.3 is 14.4 Å². The number of hydrogen-bond donors (Lipinski definition) is 0. The molecule has 1 fully saturated rings. The van der Waals surface area contributed by atoms with E-state index in [1.54, 1.807) is 29.2 Å². The molecular weight excluding hydrogens is 396 g/mol. The third-order valence-corrected chi connectivity index (χ3v) is 5.44. The zero-order valence-corrected chi connectivity index (χ0v) is 17.4. The lowest BCUT2D eigenvalue weighted by Gasteiger charge is -2.19. The molecule has 158 valence electrons. The fourth-order valence-corrected chi connectivity index (χ4v) is 3.91. The first kappa shape index (κ1) is 20.5. The third kappa shape index (κ3) is 3.86. The molecular formula is C24H22N2O5. The summed E-state index contributed by atoms with van der Waals surface area (Å²) in [5.74, 6) is -1.14. The van der Waals surface area contributed by atoms with Crippen molar-refractivity contribution in [2.45, 2.75) is 26.4 Å². The summed E-state index contributed by atoms with van der Waals surface area (Å²) in [4.78, 5) is 43.6. The molecule has 0 radical (unpaired) electrons. The second-order valence-electron chi connectivity index (χ2n) is 7.31. The van der Waals surface area contributed by atoms with Crippen molar-refractivity contribution in [2.75, 3.05) is 18.6 Å². The Balaban J connectivity index is 1.65. The van der Waals surface area contributed by atoms with E-state index in [9.17, 15) is 14.4 Å². The highest BCUT2D eigenvalue weighted by Gasteiger charge is 2.27. The highest BCUT2D eigenvalue weighted by molar-refractivity contribution is 6.03. The van der Waals surface area contributed by atoms with Crippen LogP contribution >= 0.6 is 0 Å². The number of fused-ring (bicyclic) bond motifs is 1. The van der Waals surface area contributed by atoms with Crippen LogP contribution in [0.15, 0.2) is 48.5 Å². The van der Waals surface area contributed by atoms with Crippen LogP contribution in [0.4, 0.5) is 5.69 Å². The molecule has 1 aliphatic heterocycles. The molecule has 1 aromatic heterocycles. The Morgan fingerprint density at radius 2 is 1.81 bits per heavy atom. The van der Waals surface area contributed by atoms with Gasteiger partial charge in [0.2, 0.25) is 5.91 Å². The molecule has 7 heteroatoms. The first-order valence-electron chi connectivity index (χ1n) is 10.0. The summed E-state index contributed by atoms with van der Waals surface area (Å²) in [5, 5.41) is 0.830. The summed E-state index contributed by atoms with van der Waals surface area (Å²) in [7, 11) is 1.30. The van der Waals surface area contributed by atoms with Crippen LogP contribution in [0, 0.1) is 6.92 Å². The highest BCUT2D eigenvalue weighted by atomic mass is 16.5. The topological polar surface area (TPSA) is 85.8 Å². The summed E-state index contributed by atoms with van der Waals surface area (Å²) in [6.07, 6.45) is 1.22. The van der Waals surface area contributed by atoms with Crippen LogP contribution in [0.25, 0.3) is 10.9 Å². The molecule has 0 N–H and O–H groups in total. The summed E-state index contributed by atoms with van der Waals surface area (Å²) in [6, 6.07) is 14.3. The summed E-state index contributed by atoms with van der Waals surface area (Å²) in [5.41, 5.74) is 2.86. The Morgan fingerprint density at radius 1 is 1.06 bits per heavy atom. The van der Waals surface area contributed by atoms with Gasteiger partial charge in [-0.05, 0) is 37.1 Å². The molecule has 0 aliphatic carbocycles. The number of hydrogen-bond acceptors (Lipinski definition) is 6. The molecule has 1 aliphatic rings. The molecule has 0 saturated carbocycles. The minimum absolute atomic E-state index is 0.0138. The number of nitrogens with zero attached hydrogens (tertiary/aromatic N) is 2. The van der Waals surface area contributed by atoms with Gasteiger partial charge in [0.15, 0.2) is 0 Å². The summed E-state index contributed by atoms with van der Waals surface area (Å²) >= 11 is 0. The van der Waals surface area contributed by atoms with Crippen molar-refractivity contribution in [1.29, 1.82) is 0 Å². The normalized spacial score (nSPS) is 13.5. The number of methoxy groups -OCH3 is 1. The smallest absolute Gasteiger partial charge is 0.340 e. The second-order valence-corrected chi connectivity index (χ2v) is 7.31. The van der Waals surface area contributed by atoms with Crippen molar-refractivity contribution < 1.29 is 23.9 Å². The van der Waals surface area contributed by atoms with E-state index >= 15 is 0 Å². The minimum Gasteiger partial charge on any atom is -0.465 e. The minimum atomic E-state index is -0.585. The van der Waals surface area contributed by atoms with Gasteiger partial charge in [-0.1, -0.05) is 30.3 Å². The number of para-hydroxylation sites is 2. The average Bonchev–Trinajstić information content (AvgIpc) is 3.22. The number of carbonyl (C=O) groups is 3. The Bertz CT molecular complexity index is 1190. The van der Waals surface area contributed by atoms with Gasteiger partial charge in [-0.25, -0.2) is 14.6 Å². The van der Waals surface area contributed by atoms with Gasteiger partial charge >= 0.3 is 11.9 Å². The predicted molar refractivity (Wildman–Crippen MR) is 115 cm³/mol. The van der Waals surface area contributed by atoms with Gasteiger partial charge in [-0.2, -0.15) is 0 Å². The van der Waals surface area contributed by atoms with Crippen LogP contribution in [-0.4, -0.2) is 36.5 Å². The molecule has 2 heterocycles. The van der Waals surface area contributed by atoms with E-state index in [0.717, 1.165) is 11.8 Å². The van der Waals surface area contributed by atoms with Gasteiger partial charge in [0.05, 0.1) is 35.1 Å². The first-order chi connectivity index (χ1) is 15.0. The SMILES string of the molecule is COC(=O)c1c(COC(=O)c2ccccc2N2CCCC2=O)nc2ccccc2c1C. The van der Waals surface area contributed by atoms with E-state index in [0.29, 0.717) is 41.0 Å². The predicted octanol–water partition coefficient (Wildman–Crippen LogP) is 3.81. The first-order valence-corrected chi connectivity index (χ1v) is 10.0. The number of benzene rings is 2. The number of rotatable bonds is 5. The van der Waals surface area contributed by atoms with Crippen molar-refractivity contribution in [1.82, 2.24) is 4.98 Å². The lowest BCUT2D eigenvalue weighted by molar-refractivity contribution is -0.117. The maximum Gasteiger partial charge on any atom is 0.340 e. The monoisotopic (exact) mass is 418 g/mol. The molecule has 7 nitrogen and oxygen atoms in total. The maximum atomic E-state index is 12.9. The molecule has 0 unspecified atom stereocenters. The second kappa shape index (κ2) is 8.55. The van der Waals surface area contributed by atoms with Gasteiger partial charge in [-0.3, -0.25) is 4.79 Å². The Labute approximate surface area is 179 Å². The molecule has 0 bridgehead atoms. The van der Waals surface area contributed by atoms with Crippen molar-refractivity contribution in [2.24, 2.45) is 0 Å². The molecule has 3 aromatic rings. The van der Waals surface area contributed by atoms with Crippen molar-refractivity contribution >= 4 is 34.4 Å². The number of carbonyl (C=O) groups excluding carboxylic acids is 3. The summed E-state index contributed by atoms with van der Waals surface area (Å²) in [6.45, 7) is 2.19. The number of amides is 1. The number of esters is 2. The zero-order valence-electron chi connectivity index (χ0n) is 17.4. The number of anilines is 1. The maximum absolute atomic E-state index is 12.9. The van der Waals surface area contributed by atoms with Crippen LogP contribution in [0.2, 0.25) is 0 Å². The average molecular weight is 418 g/mol. The Morgan fingerprint density at radius 3 is 2.55 bits per heavy atom. The Kier molecular flexibility index (Phi) is 5.66. The largest absolute Gasteiger partial charge is 0.465 e. The van der Waals surface area contributed by atoms with Crippen LogP contribution in [0.3, 0.4) is 0 Å². The van der Waals surface area contributed by atoms with E-state index in [1.807, 2.05) is 31.2 Å². The number of aryl methyl sites for hydroxylation is 1. The van der Waals surface area contributed by atoms with Gasteiger partial charge in [0, 0.05) is 18.4 Å². The molecule has 0 atom stereocenters. The molecule has 1 saturated heterocycles. The molecule has 1 amide bonds. The van der Waals surface area contributed by atoms with E-state index in [4.69, 9.17) is 9.47 Å². The lowest BCUT2D eigenvalue weighted by atomic mass is 10.0. The van der Waals surface area contributed by atoms with E-state index < -0.39 is 11.9 Å². The van der Waals surface area contributed by atoms with Gasteiger partial charge in [0.1, 0.15) is 6.61 Å². The highest BCUT2D eigenvalue weighted by Crippen LogP contribution is 2.27. The Hall–Kier alpha value is -3.74. The number of aromatic nitrogens is 1. The van der Waals surface area contributed by atoms with Crippen LogP contribution < -0.4 is 4.90 Å². The van der Waals surface area contributed by atoms with E-state index in [1.165, 1.54) is 7.11 Å². The molecule has 31 heavy (non-hydrogen) atoms. The van der Waals surface area contributed by atoms with Crippen LogP contribution in [-0.2, 0) is 20.9 Å². The molecule has 4 rings (SSSR count). The number of ether oxygens (including phenoxy) is 2. The van der Waals surface area contributed by atoms with Crippen molar-refractivity contribution in [3.63, 3.8) is 0 Å². The molecule has 0 spiro atoms. The standard InChI is InChI=1S/C24H22N2O5/c1-15-16-8-3-5-10-18(16)25-19(22(15)24(29)30-2)14-31-23(28)17-9-4-6-11-20(17)26-13-7-12-21(26)27/h3-6,8-11H,7,12-14H2,1-2H3. The summed E-state index contributed by atoms with van der Waals surface area (Å²) < 4.78 is 10.5. The zero-order chi connectivity index (χ0) is 22.0. The van der Waals surface area contributed by atoms with Gasteiger partial charge in [-0.15, -0.1) is 0 Å². The van der Waals surface area contributed by atoms with Crippen molar-refractivity contribution in [3.05, 3.63) is 70.9 Å². The number of pyridine rings is 1.